The Morgan fingerprint density at radius 1 is 1.41 bits per heavy atom. The molecule has 22 heavy (non-hydrogen) atoms. The Bertz CT molecular complexity index is 681. The largest absolute Gasteiger partial charge is 0.372 e. The number of carbonyl (C=O) groups excluding carboxylic acids is 1. The van der Waals surface area contributed by atoms with E-state index in [1.165, 1.54) is 6.20 Å². The molecule has 0 aliphatic rings. The highest BCUT2D eigenvalue weighted by Gasteiger charge is 2.27. The second-order valence-electron chi connectivity index (χ2n) is 5.02. The number of ether oxygens (including phenoxy) is 1. The molecule has 0 fully saturated rings. The van der Waals surface area contributed by atoms with E-state index < -0.39 is 5.60 Å². The number of hydrogen-bond acceptors (Lipinski definition) is 3. The van der Waals surface area contributed by atoms with Gasteiger partial charge < -0.3 is 10.1 Å². The molecule has 0 radical (unpaired) electrons. The fourth-order valence-corrected chi connectivity index (χ4v) is 2.55. The summed E-state index contributed by atoms with van der Waals surface area (Å²) < 4.78 is 6.34. The lowest BCUT2D eigenvalue weighted by molar-refractivity contribution is 0.00315. The van der Waals surface area contributed by atoms with Crippen molar-refractivity contribution in [3.8, 4) is 0 Å². The molecule has 116 valence electrons. The lowest BCUT2D eigenvalue weighted by atomic mass is 9.95. The molecule has 1 N–H and O–H groups in total. The predicted molar refractivity (Wildman–Crippen MR) is 90.1 cm³/mol. The van der Waals surface area contributed by atoms with E-state index in [2.05, 4.69) is 26.2 Å². The summed E-state index contributed by atoms with van der Waals surface area (Å²) in [6.07, 6.45) is 3.14. The Morgan fingerprint density at radius 3 is 2.82 bits per heavy atom. The van der Waals surface area contributed by atoms with Crippen molar-refractivity contribution in [2.75, 3.05) is 13.7 Å². The third-order valence-electron chi connectivity index (χ3n) is 3.44. The molecule has 1 aromatic heterocycles. The Labute approximate surface area is 143 Å². The van der Waals surface area contributed by atoms with Crippen molar-refractivity contribution in [3.05, 3.63) is 63.3 Å². The first-order valence-corrected chi connectivity index (χ1v) is 7.81. The number of rotatable bonds is 5. The first kappa shape index (κ1) is 16.9. The zero-order valence-electron chi connectivity index (χ0n) is 12.3. The van der Waals surface area contributed by atoms with Crippen molar-refractivity contribution in [1.29, 1.82) is 0 Å². The molecule has 1 atom stereocenters. The van der Waals surface area contributed by atoms with Crippen LogP contribution in [-0.4, -0.2) is 24.5 Å². The number of halogens is 2. The van der Waals surface area contributed by atoms with Crippen LogP contribution in [0, 0.1) is 0 Å². The van der Waals surface area contributed by atoms with Gasteiger partial charge >= 0.3 is 0 Å². The molecule has 2 rings (SSSR count). The van der Waals surface area contributed by atoms with Crippen LogP contribution in [0.3, 0.4) is 0 Å². The highest BCUT2D eigenvalue weighted by Crippen LogP contribution is 2.26. The Kier molecular flexibility index (Phi) is 5.56. The minimum atomic E-state index is -0.667. The topological polar surface area (TPSA) is 51.2 Å². The number of carbonyl (C=O) groups is 1. The van der Waals surface area contributed by atoms with Gasteiger partial charge in [0.1, 0.15) is 5.60 Å². The molecule has 0 spiro atoms. The number of hydrogen-bond donors (Lipinski definition) is 1. The van der Waals surface area contributed by atoms with Gasteiger partial charge in [0.05, 0.1) is 12.1 Å². The molecule has 6 heteroatoms. The molecule has 0 saturated carbocycles. The number of methoxy groups -OCH3 is 1. The van der Waals surface area contributed by atoms with Crippen LogP contribution in [0.5, 0.6) is 0 Å². The first-order valence-electron chi connectivity index (χ1n) is 6.64. The first-order chi connectivity index (χ1) is 10.4. The van der Waals surface area contributed by atoms with E-state index in [1.54, 1.807) is 25.4 Å². The summed E-state index contributed by atoms with van der Waals surface area (Å²) in [6.45, 7) is 2.22. The van der Waals surface area contributed by atoms with Gasteiger partial charge in [0.25, 0.3) is 5.91 Å². The molecular weight excluding hydrogens is 368 g/mol. The fourth-order valence-electron chi connectivity index (χ4n) is 2.00. The highest BCUT2D eigenvalue weighted by molar-refractivity contribution is 9.10. The Hall–Kier alpha value is -1.43. The number of amides is 1. The van der Waals surface area contributed by atoms with Crippen LogP contribution in [0.15, 0.2) is 47.2 Å². The van der Waals surface area contributed by atoms with Crippen LogP contribution in [-0.2, 0) is 10.3 Å². The Morgan fingerprint density at radius 2 is 2.18 bits per heavy atom. The monoisotopic (exact) mass is 382 g/mol. The molecule has 4 nitrogen and oxygen atoms in total. The minimum Gasteiger partial charge on any atom is -0.372 e. The number of benzene rings is 1. The smallest absolute Gasteiger partial charge is 0.252 e. The SMILES string of the molecule is COC(C)(CNC(=O)c1cncc(Br)c1)c1cccc(Cl)c1. The van der Waals surface area contributed by atoms with E-state index in [0.717, 1.165) is 10.0 Å². The molecule has 0 aliphatic heterocycles. The van der Waals surface area contributed by atoms with Crippen molar-refractivity contribution in [2.24, 2.45) is 0 Å². The lowest BCUT2D eigenvalue weighted by Gasteiger charge is -2.29. The molecule has 0 aliphatic carbocycles. The van der Waals surface area contributed by atoms with Gasteiger partial charge in [0, 0.05) is 29.0 Å². The standard InChI is InChI=1S/C16H16BrClN2O2/c1-16(22-2,12-4-3-5-14(18)7-12)10-20-15(21)11-6-13(17)9-19-8-11/h3-9H,10H2,1-2H3,(H,20,21). The maximum atomic E-state index is 12.2. The third kappa shape index (κ3) is 4.06. The number of pyridine rings is 1. The summed E-state index contributed by atoms with van der Waals surface area (Å²) in [5.74, 6) is -0.209. The van der Waals surface area contributed by atoms with Gasteiger partial charge in [0.15, 0.2) is 0 Å². The van der Waals surface area contributed by atoms with Crippen molar-refractivity contribution in [3.63, 3.8) is 0 Å². The molecule has 1 aromatic carbocycles. The quantitative estimate of drug-likeness (QED) is 0.854. The van der Waals surface area contributed by atoms with Gasteiger partial charge in [0.2, 0.25) is 0 Å². The third-order valence-corrected chi connectivity index (χ3v) is 4.11. The van der Waals surface area contributed by atoms with Crippen LogP contribution in [0.2, 0.25) is 5.02 Å². The van der Waals surface area contributed by atoms with Gasteiger partial charge in [-0.05, 0) is 46.6 Å². The summed E-state index contributed by atoms with van der Waals surface area (Å²) in [7, 11) is 1.60. The zero-order valence-corrected chi connectivity index (χ0v) is 14.6. The van der Waals surface area contributed by atoms with Crippen molar-refractivity contribution < 1.29 is 9.53 Å². The Balaban J connectivity index is 2.12. The molecule has 0 bridgehead atoms. The van der Waals surface area contributed by atoms with E-state index in [-0.39, 0.29) is 5.91 Å². The van der Waals surface area contributed by atoms with Crippen LogP contribution in [0.4, 0.5) is 0 Å². The molecule has 2 aromatic rings. The van der Waals surface area contributed by atoms with Crippen molar-refractivity contribution in [1.82, 2.24) is 10.3 Å². The van der Waals surface area contributed by atoms with E-state index in [0.29, 0.717) is 17.1 Å². The zero-order chi connectivity index (χ0) is 16.2. The van der Waals surface area contributed by atoms with Crippen LogP contribution < -0.4 is 5.32 Å². The highest BCUT2D eigenvalue weighted by atomic mass is 79.9. The average molecular weight is 384 g/mol. The minimum absolute atomic E-state index is 0.209. The summed E-state index contributed by atoms with van der Waals surface area (Å²) in [4.78, 5) is 16.2. The second-order valence-corrected chi connectivity index (χ2v) is 6.37. The van der Waals surface area contributed by atoms with E-state index in [4.69, 9.17) is 16.3 Å². The van der Waals surface area contributed by atoms with Crippen molar-refractivity contribution >= 4 is 33.4 Å². The lowest BCUT2D eigenvalue weighted by Crippen LogP contribution is -2.40. The molecule has 1 unspecified atom stereocenters. The molecular formula is C16H16BrClN2O2. The normalized spacial score (nSPS) is 13.5. The number of aromatic nitrogens is 1. The van der Waals surface area contributed by atoms with Crippen LogP contribution in [0.1, 0.15) is 22.8 Å². The summed E-state index contributed by atoms with van der Waals surface area (Å²) in [5, 5.41) is 3.50. The maximum Gasteiger partial charge on any atom is 0.252 e. The fraction of sp³-hybridized carbons (Fsp3) is 0.250. The van der Waals surface area contributed by atoms with Crippen LogP contribution in [0.25, 0.3) is 0 Å². The van der Waals surface area contributed by atoms with Gasteiger partial charge in [-0.1, -0.05) is 23.7 Å². The summed E-state index contributed by atoms with van der Waals surface area (Å²) >= 11 is 9.33. The number of nitrogens with one attached hydrogen (secondary N) is 1. The average Bonchev–Trinajstić information content (AvgIpc) is 2.52. The molecule has 1 heterocycles. The van der Waals surface area contributed by atoms with Gasteiger partial charge in [-0.25, -0.2) is 0 Å². The van der Waals surface area contributed by atoms with E-state index in [9.17, 15) is 4.79 Å². The van der Waals surface area contributed by atoms with Gasteiger partial charge in [-0.15, -0.1) is 0 Å². The van der Waals surface area contributed by atoms with Gasteiger partial charge in [-0.3, -0.25) is 9.78 Å². The summed E-state index contributed by atoms with van der Waals surface area (Å²) in [5.41, 5.74) is 0.717. The van der Waals surface area contributed by atoms with Gasteiger partial charge in [-0.2, -0.15) is 0 Å². The van der Waals surface area contributed by atoms with E-state index >= 15 is 0 Å². The molecule has 1 amide bonds. The number of nitrogens with zero attached hydrogens (tertiary/aromatic N) is 1. The van der Waals surface area contributed by atoms with Crippen molar-refractivity contribution in [2.45, 2.75) is 12.5 Å². The molecule has 0 saturated heterocycles. The maximum absolute atomic E-state index is 12.2. The summed E-state index contributed by atoms with van der Waals surface area (Å²) in [6, 6.07) is 9.12. The predicted octanol–water partition coefficient (Wildman–Crippen LogP) is 3.79. The second kappa shape index (κ2) is 7.22. The van der Waals surface area contributed by atoms with Crippen LogP contribution >= 0.6 is 27.5 Å². The van der Waals surface area contributed by atoms with E-state index in [1.807, 2.05) is 25.1 Å².